The first-order chi connectivity index (χ1) is 5.31. The summed E-state index contributed by atoms with van der Waals surface area (Å²) in [5.41, 5.74) is 0. The molecule has 0 radical (unpaired) electrons. The van der Waals surface area contributed by atoms with Crippen LogP contribution in [0.3, 0.4) is 0 Å². The molecule has 0 bridgehead atoms. The van der Waals surface area contributed by atoms with Crippen molar-refractivity contribution in [1.82, 2.24) is 0 Å². The van der Waals surface area contributed by atoms with Gasteiger partial charge in [0.25, 0.3) is 5.91 Å². The molecule has 0 aromatic rings. The standard InChI is InChI=1S/C5H10N4O2/c6-9-7-4-2-1-3-5(10)8-11/h1-4H2,(H2,6,7). The van der Waals surface area contributed by atoms with Crippen molar-refractivity contribution >= 4 is 5.91 Å². The van der Waals surface area contributed by atoms with Gasteiger partial charge < -0.3 is 5.84 Å². The summed E-state index contributed by atoms with van der Waals surface area (Å²) in [4.78, 5) is 19.8. The van der Waals surface area contributed by atoms with E-state index in [2.05, 4.69) is 15.5 Å². The molecule has 0 atom stereocenters. The topological polar surface area (TPSA) is 97.2 Å². The van der Waals surface area contributed by atoms with Gasteiger partial charge in [-0.2, -0.15) is 5.11 Å². The number of hydrogen-bond donors (Lipinski definition) is 1. The Hall–Kier alpha value is -1.33. The molecular weight excluding hydrogens is 148 g/mol. The van der Waals surface area contributed by atoms with Crippen molar-refractivity contribution < 1.29 is 4.79 Å². The molecule has 0 heterocycles. The van der Waals surface area contributed by atoms with Gasteiger partial charge in [-0.1, -0.05) is 5.22 Å². The van der Waals surface area contributed by atoms with Gasteiger partial charge in [0, 0.05) is 11.6 Å². The second-order valence-electron chi connectivity index (χ2n) is 1.92. The largest absolute Gasteiger partial charge is 0.305 e. The molecule has 0 saturated carbocycles. The molecule has 0 saturated heterocycles. The maximum atomic E-state index is 10.3. The van der Waals surface area contributed by atoms with Crippen LogP contribution in [0.2, 0.25) is 0 Å². The molecule has 0 fully saturated rings. The van der Waals surface area contributed by atoms with Crippen molar-refractivity contribution in [3.63, 3.8) is 0 Å². The molecule has 0 aromatic carbocycles. The molecule has 0 aliphatic carbocycles. The lowest BCUT2D eigenvalue weighted by atomic mass is 10.2. The molecule has 62 valence electrons. The minimum Gasteiger partial charge on any atom is -0.305 e. The fourth-order valence-electron chi connectivity index (χ4n) is 0.562. The van der Waals surface area contributed by atoms with Gasteiger partial charge in [-0.05, 0) is 12.8 Å². The summed E-state index contributed by atoms with van der Waals surface area (Å²) in [6, 6.07) is 0. The molecule has 11 heavy (non-hydrogen) atoms. The lowest BCUT2D eigenvalue weighted by molar-refractivity contribution is -0.118. The third kappa shape index (κ3) is 6.56. The van der Waals surface area contributed by atoms with Crippen molar-refractivity contribution in [2.45, 2.75) is 19.3 Å². The maximum Gasteiger partial charge on any atom is 0.286 e. The summed E-state index contributed by atoms with van der Waals surface area (Å²) in [7, 11) is 0. The first-order valence-electron chi connectivity index (χ1n) is 3.24. The van der Waals surface area contributed by atoms with Crippen molar-refractivity contribution in [2.75, 3.05) is 6.54 Å². The van der Waals surface area contributed by atoms with Gasteiger partial charge in [0.2, 0.25) is 0 Å². The van der Waals surface area contributed by atoms with Crippen LogP contribution in [0, 0.1) is 4.91 Å². The highest BCUT2D eigenvalue weighted by molar-refractivity contribution is 5.76. The van der Waals surface area contributed by atoms with Gasteiger partial charge in [-0.3, -0.25) is 4.79 Å². The molecule has 0 spiro atoms. The van der Waals surface area contributed by atoms with Crippen molar-refractivity contribution in [2.24, 2.45) is 21.4 Å². The summed E-state index contributed by atoms with van der Waals surface area (Å²) < 4.78 is 0. The number of unbranched alkanes of at least 4 members (excludes halogenated alkanes) is 1. The Kier molecular flexibility index (Phi) is 5.96. The summed E-state index contributed by atoms with van der Waals surface area (Å²) in [5, 5.41) is 8.74. The number of amides is 1. The number of carbonyl (C=O) groups is 1. The number of carbonyl (C=O) groups excluding carboxylic acids is 1. The molecule has 0 aromatic heterocycles. The van der Waals surface area contributed by atoms with Crippen LogP contribution in [0.25, 0.3) is 0 Å². The summed E-state index contributed by atoms with van der Waals surface area (Å²) in [6.07, 6.45) is 1.48. The number of hydrogen-bond acceptors (Lipinski definition) is 4. The SMILES string of the molecule is NN=NCCCCC(=O)N=O. The number of nitrogens with two attached hydrogens (primary N) is 1. The van der Waals surface area contributed by atoms with E-state index >= 15 is 0 Å². The van der Waals surface area contributed by atoms with E-state index in [0.29, 0.717) is 19.4 Å². The van der Waals surface area contributed by atoms with Crippen molar-refractivity contribution in [3.8, 4) is 0 Å². The summed E-state index contributed by atoms with van der Waals surface area (Å²) in [6.45, 7) is 0.489. The molecule has 0 rings (SSSR count). The predicted molar refractivity (Wildman–Crippen MR) is 38.6 cm³/mol. The molecule has 6 nitrogen and oxygen atoms in total. The van der Waals surface area contributed by atoms with E-state index in [-0.39, 0.29) is 6.42 Å². The van der Waals surface area contributed by atoms with Crippen LogP contribution in [0.1, 0.15) is 19.3 Å². The van der Waals surface area contributed by atoms with E-state index in [4.69, 9.17) is 5.84 Å². The van der Waals surface area contributed by atoms with E-state index in [1.165, 1.54) is 0 Å². The van der Waals surface area contributed by atoms with E-state index < -0.39 is 5.91 Å². The van der Waals surface area contributed by atoms with E-state index in [1.54, 1.807) is 0 Å². The summed E-state index contributed by atoms with van der Waals surface area (Å²) >= 11 is 0. The van der Waals surface area contributed by atoms with Gasteiger partial charge in [0.1, 0.15) is 0 Å². The smallest absolute Gasteiger partial charge is 0.286 e. The Morgan fingerprint density at radius 2 is 2.09 bits per heavy atom. The fourth-order valence-corrected chi connectivity index (χ4v) is 0.562. The van der Waals surface area contributed by atoms with Gasteiger partial charge in [-0.15, -0.1) is 4.91 Å². The van der Waals surface area contributed by atoms with Crippen LogP contribution in [0.5, 0.6) is 0 Å². The molecule has 0 aliphatic heterocycles. The van der Waals surface area contributed by atoms with E-state index in [1.807, 2.05) is 0 Å². The highest BCUT2D eigenvalue weighted by atomic mass is 16.3. The Bertz CT molecular complexity index is 157. The second-order valence-corrected chi connectivity index (χ2v) is 1.92. The third-order valence-electron chi connectivity index (χ3n) is 1.08. The predicted octanol–water partition coefficient (Wildman–Crippen LogP) is 0.776. The highest BCUT2D eigenvalue weighted by Gasteiger charge is 1.98. The molecule has 6 heteroatoms. The number of nitroso groups, excluding NO2 is 1. The lowest BCUT2D eigenvalue weighted by Gasteiger charge is -1.90. The molecule has 0 aliphatic rings. The number of rotatable bonds is 5. The van der Waals surface area contributed by atoms with Crippen LogP contribution in [0.15, 0.2) is 15.5 Å². The van der Waals surface area contributed by atoms with Crippen molar-refractivity contribution in [1.29, 1.82) is 0 Å². The maximum absolute atomic E-state index is 10.3. The Morgan fingerprint density at radius 1 is 1.36 bits per heavy atom. The molecular formula is C5H10N4O2. The average Bonchev–Trinajstić information content (AvgIpc) is 2.04. The normalized spacial score (nSPS) is 10.2. The van der Waals surface area contributed by atoms with Crippen LogP contribution in [-0.2, 0) is 4.79 Å². The van der Waals surface area contributed by atoms with Crippen LogP contribution in [-0.4, -0.2) is 12.5 Å². The van der Waals surface area contributed by atoms with Gasteiger partial charge in [-0.25, -0.2) is 0 Å². The Balaban J connectivity index is 3.14. The van der Waals surface area contributed by atoms with Gasteiger partial charge >= 0.3 is 0 Å². The monoisotopic (exact) mass is 158 g/mol. The van der Waals surface area contributed by atoms with Gasteiger partial charge in [0.05, 0.1) is 6.54 Å². The molecule has 1 amide bonds. The quantitative estimate of drug-likeness (QED) is 0.210. The van der Waals surface area contributed by atoms with Gasteiger partial charge in [0.15, 0.2) is 0 Å². The first-order valence-corrected chi connectivity index (χ1v) is 3.24. The minimum absolute atomic E-state index is 0.184. The van der Waals surface area contributed by atoms with Crippen LogP contribution in [0.4, 0.5) is 0 Å². The highest BCUT2D eigenvalue weighted by Crippen LogP contribution is 1.97. The lowest BCUT2D eigenvalue weighted by Crippen LogP contribution is -1.92. The zero-order valence-electron chi connectivity index (χ0n) is 6.06. The average molecular weight is 158 g/mol. The van der Waals surface area contributed by atoms with E-state index in [9.17, 15) is 9.70 Å². The molecule has 2 N–H and O–H groups in total. The van der Waals surface area contributed by atoms with Crippen molar-refractivity contribution in [3.05, 3.63) is 4.91 Å². The minimum atomic E-state index is -0.616. The van der Waals surface area contributed by atoms with Crippen LogP contribution >= 0.6 is 0 Å². The number of nitrogens with zero attached hydrogens (tertiary/aromatic N) is 3. The first kappa shape index (κ1) is 9.67. The Morgan fingerprint density at radius 3 is 2.64 bits per heavy atom. The molecule has 0 unspecified atom stereocenters. The fraction of sp³-hybridized carbons (Fsp3) is 0.800. The zero-order valence-corrected chi connectivity index (χ0v) is 6.06. The Labute approximate surface area is 63.8 Å². The van der Waals surface area contributed by atoms with Crippen LogP contribution < -0.4 is 5.84 Å². The van der Waals surface area contributed by atoms with E-state index in [0.717, 1.165) is 0 Å². The second kappa shape index (κ2) is 6.79. The summed E-state index contributed by atoms with van der Waals surface area (Å²) in [5.74, 6) is 4.10. The third-order valence-corrected chi connectivity index (χ3v) is 1.08. The zero-order chi connectivity index (χ0) is 8.53.